The van der Waals surface area contributed by atoms with Gasteiger partial charge in [-0.2, -0.15) is 4.31 Å². The van der Waals surface area contributed by atoms with Gasteiger partial charge in [-0.1, -0.05) is 12.1 Å². The van der Waals surface area contributed by atoms with Gasteiger partial charge in [-0.3, -0.25) is 14.5 Å². The Balaban J connectivity index is 1.59. The first kappa shape index (κ1) is 17.1. The van der Waals surface area contributed by atoms with Crippen LogP contribution in [0.5, 0.6) is 0 Å². The Morgan fingerprint density at radius 3 is 2.38 bits per heavy atom. The smallest absolute Gasteiger partial charge is 0.261 e. The van der Waals surface area contributed by atoms with Crippen molar-refractivity contribution in [2.45, 2.75) is 19.4 Å². The van der Waals surface area contributed by atoms with E-state index in [-0.39, 0.29) is 36.6 Å². The molecule has 1 atom stereocenters. The van der Waals surface area contributed by atoms with Crippen LogP contribution in [0.15, 0.2) is 24.3 Å². The molecule has 7 nitrogen and oxygen atoms in total. The lowest BCUT2D eigenvalue weighted by molar-refractivity contribution is 0.0102. The second-order valence-electron chi connectivity index (χ2n) is 6.02. The van der Waals surface area contributed by atoms with Gasteiger partial charge in [0.05, 0.1) is 29.6 Å². The van der Waals surface area contributed by atoms with Gasteiger partial charge in [-0.05, 0) is 25.5 Å². The highest BCUT2D eigenvalue weighted by Gasteiger charge is 2.35. The fraction of sp³-hybridized carbons (Fsp3) is 0.500. The van der Waals surface area contributed by atoms with Crippen LogP contribution >= 0.6 is 0 Å². The molecule has 0 saturated carbocycles. The number of fused-ring (bicyclic) bond motifs is 1. The zero-order valence-corrected chi connectivity index (χ0v) is 14.3. The second kappa shape index (κ2) is 6.62. The monoisotopic (exact) mass is 352 g/mol. The molecular formula is C16H20N2O5S. The molecule has 0 aliphatic carbocycles. The number of sulfonamides is 1. The van der Waals surface area contributed by atoms with Gasteiger partial charge in [0.2, 0.25) is 10.0 Å². The van der Waals surface area contributed by atoms with Crippen molar-refractivity contribution in [3.8, 4) is 0 Å². The lowest BCUT2D eigenvalue weighted by atomic mass is 10.1. The molecule has 24 heavy (non-hydrogen) atoms. The van der Waals surface area contributed by atoms with Crippen LogP contribution in [-0.2, 0) is 14.8 Å². The lowest BCUT2D eigenvalue weighted by Crippen LogP contribution is -2.45. The minimum Gasteiger partial charge on any atom is -0.376 e. The van der Waals surface area contributed by atoms with Gasteiger partial charge in [0, 0.05) is 19.6 Å². The number of amides is 2. The Kier molecular flexibility index (Phi) is 4.71. The topological polar surface area (TPSA) is 84.0 Å². The van der Waals surface area contributed by atoms with E-state index >= 15 is 0 Å². The summed E-state index contributed by atoms with van der Waals surface area (Å²) in [5.41, 5.74) is 0.764. The standard InChI is InChI=1S/C16H20N2O5S/c1-12-11-17(8-9-23-12)24(21,22)10-4-7-18-15(19)13-5-2-3-6-14(13)16(18)20/h2-3,5-6,12H,4,7-11H2,1H3/t12-/m1/s1. The van der Waals surface area contributed by atoms with Gasteiger partial charge in [-0.25, -0.2) is 8.42 Å². The van der Waals surface area contributed by atoms with Gasteiger partial charge < -0.3 is 4.74 Å². The van der Waals surface area contributed by atoms with E-state index < -0.39 is 10.0 Å². The Labute approximate surface area is 141 Å². The summed E-state index contributed by atoms with van der Waals surface area (Å²) in [6, 6.07) is 6.64. The van der Waals surface area contributed by atoms with Crippen molar-refractivity contribution in [2.24, 2.45) is 0 Å². The minimum absolute atomic E-state index is 0.0902. The van der Waals surface area contributed by atoms with Crippen LogP contribution < -0.4 is 0 Å². The quantitative estimate of drug-likeness (QED) is 0.729. The SMILES string of the molecule is C[C@@H]1CN(S(=O)(=O)CCCN2C(=O)c3ccccc3C2=O)CCO1. The number of morpholine rings is 1. The summed E-state index contributed by atoms with van der Waals surface area (Å²) in [5, 5.41) is 0. The molecular weight excluding hydrogens is 332 g/mol. The highest BCUT2D eigenvalue weighted by atomic mass is 32.2. The summed E-state index contributed by atoms with van der Waals surface area (Å²) < 4.78 is 31.5. The molecule has 0 spiro atoms. The number of hydrogen-bond acceptors (Lipinski definition) is 5. The fourth-order valence-electron chi connectivity index (χ4n) is 3.02. The molecule has 1 aromatic rings. The molecule has 1 aromatic carbocycles. The van der Waals surface area contributed by atoms with Crippen LogP contribution in [0.2, 0.25) is 0 Å². The number of rotatable bonds is 5. The van der Waals surface area contributed by atoms with Gasteiger partial charge in [-0.15, -0.1) is 0 Å². The number of carbonyl (C=O) groups excluding carboxylic acids is 2. The molecule has 2 amide bonds. The maximum absolute atomic E-state index is 12.4. The van der Waals surface area contributed by atoms with Crippen LogP contribution in [-0.4, -0.2) is 67.5 Å². The van der Waals surface area contributed by atoms with Crippen LogP contribution in [0.25, 0.3) is 0 Å². The number of nitrogens with zero attached hydrogens (tertiary/aromatic N) is 2. The Hall–Kier alpha value is -1.77. The van der Waals surface area contributed by atoms with Crippen LogP contribution in [0, 0.1) is 0 Å². The second-order valence-corrected chi connectivity index (χ2v) is 8.10. The predicted octanol–water partition coefficient (Wildman–Crippen LogP) is 0.723. The van der Waals surface area contributed by atoms with Crippen molar-refractivity contribution in [1.29, 1.82) is 0 Å². The highest BCUT2D eigenvalue weighted by molar-refractivity contribution is 7.89. The maximum Gasteiger partial charge on any atom is 0.261 e. The number of carbonyl (C=O) groups is 2. The molecule has 2 aliphatic rings. The van der Waals surface area contributed by atoms with Crippen molar-refractivity contribution < 1.29 is 22.7 Å². The number of imide groups is 1. The molecule has 0 N–H and O–H groups in total. The van der Waals surface area contributed by atoms with Crippen LogP contribution in [0.3, 0.4) is 0 Å². The third-order valence-corrected chi connectivity index (χ3v) is 6.18. The fourth-order valence-corrected chi connectivity index (χ4v) is 4.56. The molecule has 130 valence electrons. The average Bonchev–Trinajstić information content (AvgIpc) is 2.80. The molecule has 2 aliphatic heterocycles. The largest absolute Gasteiger partial charge is 0.376 e. The van der Waals surface area contributed by atoms with Crippen LogP contribution in [0.1, 0.15) is 34.1 Å². The highest BCUT2D eigenvalue weighted by Crippen LogP contribution is 2.22. The zero-order valence-electron chi connectivity index (χ0n) is 13.5. The molecule has 0 unspecified atom stereocenters. The molecule has 2 heterocycles. The molecule has 3 rings (SSSR count). The third-order valence-electron chi connectivity index (χ3n) is 4.26. The van der Waals surface area contributed by atoms with Crippen molar-refractivity contribution in [1.82, 2.24) is 9.21 Å². The van der Waals surface area contributed by atoms with Crippen LogP contribution in [0.4, 0.5) is 0 Å². The molecule has 0 bridgehead atoms. The summed E-state index contributed by atoms with van der Waals surface area (Å²) >= 11 is 0. The number of hydrogen-bond donors (Lipinski definition) is 0. The minimum atomic E-state index is -3.41. The number of ether oxygens (including phenoxy) is 1. The summed E-state index contributed by atoms with van der Waals surface area (Å²) in [4.78, 5) is 25.6. The maximum atomic E-state index is 12.4. The van der Waals surface area contributed by atoms with E-state index in [0.717, 1.165) is 4.90 Å². The van der Waals surface area contributed by atoms with Gasteiger partial charge in [0.1, 0.15) is 0 Å². The van der Waals surface area contributed by atoms with E-state index in [4.69, 9.17) is 4.74 Å². The first-order valence-electron chi connectivity index (χ1n) is 7.95. The summed E-state index contributed by atoms with van der Waals surface area (Å²) in [6.45, 7) is 3.01. The summed E-state index contributed by atoms with van der Waals surface area (Å²) in [7, 11) is -3.41. The van der Waals surface area contributed by atoms with E-state index in [9.17, 15) is 18.0 Å². The summed E-state index contributed by atoms with van der Waals surface area (Å²) in [6.07, 6.45) is 0.101. The zero-order chi connectivity index (χ0) is 17.3. The Morgan fingerprint density at radius 1 is 1.17 bits per heavy atom. The molecule has 0 aromatic heterocycles. The first-order valence-corrected chi connectivity index (χ1v) is 9.56. The first-order chi connectivity index (χ1) is 11.4. The molecule has 8 heteroatoms. The van der Waals surface area contributed by atoms with Crippen molar-refractivity contribution in [2.75, 3.05) is 32.0 Å². The van der Waals surface area contributed by atoms with E-state index in [1.54, 1.807) is 24.3 Å². The Bertz CT molecular complexity index is 726. The van der Waals surface area contributed by atoms with Gasteiger partial charge in [0.25, 0.3) is 11.8 Å². The van der Waals surface area contributed by atoms with Gasteiger partial charge in [0.15, 0.2) is 0 Å². The van der Waals surface area contributed by atoms with Crippen molar-refractivity contribution >= 4 is 21.8 Å². The Morgan fingerprint density at radius 2 is 1.79 bits per heavy atom. The molecule has 1 fully saturated rings. The van der Waals surface area contributed by atoms with E-state index in [0.29, 0.717) is 30.8 Å². The third kappa shape index (κ3) is 3.22. The predicted molar refractivity (Wildman–Crippen MR) is 87.2 cm³/mol. The molecule has 1 saturated heterocycles. The van der Waals surface area contributed by atoms with E-state index in [2.05, 4.69) is 0 Å². The number of benzene rings is 1. The molecule has 0 radical (unpaired) electrons. The van der Waals surface area contributed by atoms with Crippen molar-refractivity contribution in [3.63, 3.8) is 0 Å². The summed E-state index contributed by atoms with van der Waals surface area (Å²) in [5.74, 6) is -0.798. The van der Waals surface area contributed by atoms with E-state index in [1.165, 1.54) is 4.31 Å². The van der Waals surface area contributed by atoms with Gasteiger partial charge >= 0.3 is 0 Å². The normalized spacial score (nSPS) is 22.0. The van der Waals surface area contributed by atoms with E-state index in [1.807, 2.05) is 6.92 Å². The average molecular weight is 352 g/mol. The van der Waals surface area contributed by atoms with Crippen molar-refractivity contribution in [3.05, 3.63) is 35.4 Å². The lowest BCUT2D eigenvalue weighted by Gasteiger charge is -2.30.